The highest BCUT2D eigenvalue weighted by Crippen LogP contribution is 2.35. The van der Waals surface area contributed by atoms with Gasteiger partial charge < -0.3 is 14.4 Å². The van der Waals surface area contributed by atoms with Crippen LogP contribution in [0, 0.1) is 0 Å². The Kier molecular flexibility index (Phi) is 6.51. The monoisotopic (exact) mass is 526 g/mol. The van der Waals surface area contributed by atoms with Crippen LogP contribution in [0.2, 0.25) is 10.0 Å². The number of rotatable bonds is 6. The molecule has 0 spiro atoms. The molecule has 1 unspecified atom stereocenters. The molecule has 0 saturated carbocycles. The second kappa shape index (κ2) is 9.59. The molecule has 1 aliphatic heterocycles. The first kappa shape index (κ1) is 23.8. The number of benzene rings is 3. The molecule has 2 heterocycles. The van der Waals surface area contributed by atoms with Crippen molar-refractivity contribution in [3.63, 3.8) is 0 Å². The summed E-state index contributed by atoms with van der Waals surface area (Å²) in [4.78, 5) is 26.9. The van der Waals surface area contributed by atoms with Crippen LogP contribution in [0.1, 0.15) is 5.56 Å². The Morgan fingerprint density at radius 3 is 2.11 bits per heavy atom. The lowest BCUT2D eigenvalue weighted by atomic mass is 10.1. The van der Waals surface area contributed by atoms with Gasteiger partial charge in [-0.05, 0) is 71.9 Å². The average molecular weight is 527 g/mol. The average Bonchev–Trinajstić information content (AvgIpc) is 3.27. The van der Waals surface area contributed by atoms with E-state index in [1.54, 1.807) is 37.5 Å². The van der Waals surface area contributed by atoms with Crippen molar-refractivity contribution in [3.05, 3.63) is 81.2 Å². The predicted octanol–water partition coefficient (Wildman–Crippen LogP) is 6.21. The molecule has 35 heavy (non-hydrogen) atoms. The molecular formula is C26H20Cl2N2O4S. The lowest BCUT2D eigenvalue weighted by molar-refractivity contribution is -0.123. The molecule has 1 saturated heterocycles. The van der Waals surface area contributed by atoms with Crippen molar-refractivity contribution < 1.29 is 19.4 Å². The van der Waals surface area contributed by atoms with Crippen molar-refractivity contribution >= 4 is 74.0 Å². The molecular weight excluding hydrogens is 507 g/mol. The Morgan fingerprint density at radius 1 is 0.943 bits per heavy atom. The number of amides is 2. The Labute approximate surface area is 215 Å². The molecule has 4 aromatic rings. The number of carbonyl (C=O) groups is 2. The zero-order valence-electron chi connectivity index (χ0n) is 18.6. The van der Waals surface area contributed by atoms with E-state index in [-0.39, 0.29) is 13.1 Å². The van der Waals surface area contributed by atoms with Gasteiger partial charge >= 0.3 is 0 Å². The Balaban J connectivity index is 1.38. The molecule has 3 aromatic carbocycles. The van der Waals surface area contributed by atoms with Gasteiger partial charge in [-0.2, -0.15) is 0 Å². The summed E-state index contributed by atoms with van der Waals surface area (Å²) in [5.41, 5.74) is 2.53. The number of carbonyl (C=O) groups excluding carboxylic acids is 2. The number of aliphatic hydroxyl groups is 1. The molecule has 1 atom stereocenters. The Hall–Kier alpha value is -2.97. The minimum Gasteiger partial charge on any atom is -0.497 e. The Morgan fingerprint density at radius 2 is 1.54 bits per heavy atom. The SMILES string of the molecule is COc1ccc(/C=C2/SC(=O)N(CC(O)Cn3c4ccc(Cl)cc4c4cc(Cl)ccc43)C2=O)cc1. The van der Waals surface area contributed by atoms with Crippen molar-refractivity contribution in [1.82, 2.24) is 9.47 Å². The summed E-state index contributed by atoms with van der Waals surface area (Å²) in [5, 5.41) is 13.5. The Bertz CT molecular complexity index is 1440. The highest BCUT2D eigenvalue weighted by molar-refractivity contribution is 8.18. The summed E-state index contributed by atoms with van der Waals surface area (Å²) < 4.78 is 7.10. The molecule has 0 radical (unpaired) electrons. The summed E-state index contributed by atoms with van der Waals surface area (Å²) in [7, 11) is 1.58. The molecule has 1 fully saturated rings. The highest BCUT2D eigenvalue weighted by atomic mass is 35.5. The van der Waals surface area contributed by atoms with Gasteiger partial charge in [-0.25, -0.2) is 0 Å². The summed E-state index contributed by atoms with van der Waals surface area (Å²) in [6, 6.07) is 18.2. The van der Waals surface area contributed by atoms with Crippen LogP contribution in [0.25, 0.3) is 27.9 Å². The van der Waals surface area contributed by atoms with E-state index in [1.807, 2.05) is 41.0 Å². The van der Waals surface area contributed by atoms with Crippen molar-refractivity contribution in [2.24, 2.45) is 0 Å². The van der Waals surface area contributed by atoms with Gasteiger partial charge in [0.2, 0.25) is 0 Å². The number of fused-ring (bicyclic) bond motifs is 3. The van der Waals surface area contributed by atoms with Crippen LogP contribution < -0.4 is 4.74 Å². The number of nitrogens with zero attached hydrogens (tertiary/aromatic N) is 2. The minimum absolute atomic E-state index is 0.118. The van der Waals surface area contributed by atoms with Crippen LogP contribution in [-0.4, -0.2) is 45.5 Å². The maximum absolute atomic E-state index is 12.9. The first-order valence-electron chi connectivity index (χ1n) is 10.8. The van der Waals surface area contributed by atoms with E-state index in [9.17, 15) is 14.7 Å². The number of aliphatic hydroxyl groups excluding tert-OH is 1. The number of halogens is 2. The fourth-order valence-corrected chi connectivity index (χ4v) is 5.43. The van der Waals surface area contributed by atoms with Crippen molar-refractivity contribution in [2.45, 2.75) is 12.6 Å². The number of β-amino-alcohol motifs (C(OH)–C–C–N with tert-alkyl or cyclic N) is 1. The van der Waals surface area contributed by atoms with Crippen molar-refractivity contribution in [2.75, 3.05) is 13.7 Å². The van der Waals surface area contributed by atoms with E-state index in [4.69, 9.17) is 27.9 Å². The normalized spacial score (nSPS) is 16.1. The maximum Gasteiger partial charge on any atom is 0.293 e. The third-order valence-electron chi connectivity index (χ3n) is 5.86. The lowest BCUT2D eigenvalue weighted by Gasteiger charge is -2.19. The third-order valence-corrected chi connectivity index (χ3v) is 7.24. The van der Waals surface area contributed by atoms with E-state index in [0.29, 0.717) is 20.7 Å². The summed E-state index contributed by atoms with van der Waals surface area (Å²) in [6.45, 7) is 0.0650. The molecule has 0 aliphatic carbocycles. The smallest absolute Gasteiger partial charge is 0.293 e. The second-order valence-electron chi connectivity index (χ2n) is 8.15. The standard InChI is InChI=1S/C26H20Cl2N2O4S/c1-34-19-6-2-15(3-7-19)10-24-25(32)30(26(33)35-24)14-18(31)13-29-22-8-4-16(27)11-20(22)21-12-17(28)5-9-23(21)29/h2-12,18,31H,13-14H2,1H3/b24-10+. The fourth-order valence-electron chi connectivity index (χ4n) is 4.23. The second-order valence-corrected chi connectivity index (χ2v) is 10.0. The molecule has 5 rings (SSSR count). The fraction of sp³-hybridized carbons (Fsp3) is 0.154. The van der Waals surface area contributed by atoms with E-state index in [1.165, 1.54) is 0 Å². The van der Waals surface area contributed by atoms with Gasteiger partial charge in [0.05, 0.1) is 31.2 Å². The van der Waals surface area contributed by atoms with E-state index >= 15 is 0 Å². The number of methoxy groups -OCH3 is 1. The van der Waals surface area contributed by atoms with Crippen LogP contribution in [0.15, 0.2) is 65.6 Å². The maximum atomic E-state index is 12.9. The third kappa shape index (κ3) is 4.65. The topological polar surface area (TPSA) is 71.8 Å². The van der Waals surface area contributed by atoms with Gasteiger partial charge in [0.15, 0.2) is 0 Å². The zero-order chi connectivity index (χ0) is 24.7. The van der Waals surface area contributed by atoms with Crippen molar-refractivity contribution in [1.29, 1.82) is 0 Å². The predicted molar refractivity (Wildman–Crippen MR) is 141 cm³/mol. The number of hydrogen-bond donors (Lipinski definition) is 1. The van der Waals surface area contributed by atoms with Crippen LogP contribution in [0.4, 0.5) is 4.79 Å². The first-order valence-corrected chi connectivity index (χ1v) is 12.4. The molecule has 2 amide bonds. The summed E-state index contributed by atoms with van der Waals surface area (Å²) in [6.07, 6.45) is 0.686. The first-order chi connectivity index (χ1) is 16.8. The molecule has 1 aliphatic rings. The molecule has 9 heteroatoms. The summed E-state index contributed by atoms with van der Waals surface area (Å²) >= 11 is 13.3. The number of ether oxygens (including phenoxy) is 1. The molecule has 6 nitrogen and oxygen atoms in total. The largest absolute Gasteiger partial charge is 0.497 e. The van der Waals surface area contributed by atoms with E-state index in [0.717, 1.165) is 44.0 Å². The van der Waals surface area contributed by atoms with Gasteiger partial charge in [0, 0.05) is 31.9 Å². The van der Waals surface area contributed by atoms with E-state index in [2.05, 4.69) is 0 Å². The van der Waals surface area contributed by atoms with Crippen LogP contribution >= 0.6 is 35.0 Å². The molecule has 1 aromatic heterocycles. The van der Waals surface area contributed by atoms with Gasteiger partial charge in [0.25, 0.3) is 11.1 Å². The molecule has 0 bridgehead atoms. The van der Waals surface area contributed by atoms with Crippen LogP contribution in [-0.2, 0) is 11.3 Å². The van der Waals surface area contributed by atoms with Crippen LogP contribution in [0.5, 0.6) is 5.75 Å². The van der Waals surface area contributed by atoms with E-state index < -0.39 is 17.3 Å². The van der Waals surface area contributed by atoms with Crippen molar-refractivity contribution in [3.8, 4) is 5.75 Å². The van der Waals surface area contributed by atoms with Gasteiger partial charge in [-0.15, -0.1) is 0 Å². The molecule has 1 N–H and O–H groups in total. The van der Waals surface area contributed by atoms with Gasteiger partial charge in [0.1, 0.15) is 5.75 Å². The summed E-state index contributed by atoms with van der Waals surface area (Å²) in [5.74, 6) is 0.281. The zero-order valence-corrected chi connectivity index (χ0v) is 20.9. The number of thioether (sulfide) groups is 1. The quantitative estimate of drug-likeness (QED) is 0.302. The lowest BCUT2D eigenvalue weighted by Crippen LogP contribution is -2.37. The van der Waals surface area contributed by atoms with Gasteiger partial charge in [-0.3, -0.25) is 14.5 Å². The van der Waals surface area contributed by atoms with Crippen LogP contribution in [0.3, 0.4) is 0 Å². The van der Waals surface area contributed by atoms with Gasteiger partial charge in [-0.1, -0.05) is 35.3 Å². The number of hydrogen-bond acceptors (Lipinski definition) is 5. The highest BCUT2D eigenvalue weighted by Gasteiger charge is 2.36. The number of aromatic nitrogens is 1. The minimum atomic E-state index is -0.978. The molecule has 178 valence electrons. The number of imide groups is 1.